The van der Waals surface area contributed by atoms with Gasteiger partial charge in [0.15, 0.2) is 0 Å². The van der Waals surface area contributed by atoms with Gasteiger partial charge in [-0.15, -0.1) is 0 Å². The van der Waals surface area contributed by atoms with Crippen LogP contribution in [0.2, 0.25) is 0 Å². The van der Waals surface area contributed by atoms with Gasteiger partial charge < -0.3 is 10.4 Å². The summed E-state index contributed by atoms with van der Waals surface area (Å²) >= 11 is 0. The van der Waals surface area contributed by atoms with E-state index in [1.807, 2.05) is 6.07 Å². The van der Waals surface area contributed by atoms with E-state index < -0.39 is 0 Å². The van der Waals surface area contributed by atoms with Crippen LogP contribution >= 0.6 is 0 Å². The Hall–Kier alpha value is -0.930. The quantitative estimate of drug-likeness (QED) is 0.825. The molecule has 2 unspecified atom stereocenters. The first-order valence-corrected chi connectivity index (χ1v) is 6.41. The molecule has 17 heavy (non-hydrogen) atoms. The lowest BCUT2D eigenvalue weighted by Gasteiger charge is -2.17. The zero-order valence-electron chi connectivity index (χ0n) is 10.2. The second-order valence-electron chi connectivity index (χ2n) is 4.75. The minimum Gasteiger partial charge on any atom is -0.392 e. The molecular formula is C14H20FNO. The summed E-state index contributed by atoms with van der Waals surface area (Å²) in [5.74, 6) is -0.0964. The molecule has 0 spiro atoms. The number of hydrogen-bond acceptors (Lipinski definition) is 2. The lowest BCUT2D eigenvalue weighted by molar-refractivity contribution is 0.156. The third-order valence-corrected chi connectivity index (χ3v) is 3.44. The van der Waals surface area contributed by atoms with E-state index in [1.54, 1.807) is 6.07 Å². The van der Waals surface area contributed by atoms with Crippen molar-refractivity contribution in [3.05, 3.63) is 35.1 Å². The predicted octanol–water partition coefficient (Wildman–Crippen LogP) is 2.56. The van der Waals surface area contributed by atoms with E-state index in [1.165, 1.54) is 6.07 Å². The smallest absolute Gasteiger partial charge is 0.126 e. The number of benzene rings is 1. The van der Waals surface area contributed by atoms with Crippen LogP contribution in [0.15, 0.2) is 18.2 Å². The highest BCUT2D eigenvalue weighted by atomic mass is 19.1. The van der Waals surface area contributed by atoms with Crippen LogP contribution in [0.25, 0.3) is 0 Å². The molecule has 3 heteroatoms. The predicted molar refractivity (Wildman–Crippen MR) is 66.4 cm³/mol. The van der Waals surface area contributed by atoms with Crippen molar-refractivity contribution in [1.82, 2.24) is 5.32 Å². The van der Waals surface area contributed by atoms with E-state index in [0.29, 0.717) is 6.54 Å². The number of aliphatic hydroxyl groups excluding tert-OH is 1. The first-order valence-electron chi connectivity index (χ1n) is 6.41. The Bertz CT molecular complexity index is 380. The van der Waals surface area contributed by atoms with Crippen LogP contribution in [-0.4, -0.2) is 17.8 Å². The fourth-order valence-corrected chi connectivity index (χ4v) is 2.54. The van der Waals surface area contributed by atoms with Gasteiger partial charge in [-0.25, -0.2) is 4.39 Å². The molecule has 0 aromatic heterocycles. The summed E-state index contributed by atoms with van der Waals surface area (Å²) in [6, 6.07) is 5.46. The maximum absolute atomic E-state index is 13.5. The van der Waals surface area contributed by atoms with E-state index in [0.717, 1.165) is 36.8 Å². The van der Waals surface area contributed by atoms with E-state index in [9.17, 15) is 9.50 Å². The molecule has 0 saturated carbocycles. The fourth-order valence-electron chi connectivity index (χ4n) is 2.54. The Morgan fingerprint density at radius 1 is 1.53 bits per heavy atom. The summed E-state index contributed by atoms with van der Waals surface area (Å²) in [5.41, 5.74) is 1.91. The molecule has 0 saturated heterocycles. The molecule has 0 bridgehead atoms. The van der Waals surface area contributed by atoms with Gasteiger partial charge in [0.05, 0.1) is 6.10 Å². The van der Waals surface area contributed by atoms with E-state index in [-0.39, 0.29) is 18.0 Å². The molecule has 1 aliphatic carbocycles. The molecule has 1 aromatic rings. The van der Waals surface area contributed by atoms with Crippen LogP contribution in [0.3, 0.4) is 0 Å². The Balaban J connectivity index is 1.96. The first kappa shape index (κ1) is 12.5. The van der Waals surface area contributed by atoms with Crippen LogP contribution < -0.4 is 5.32 Å². The molecule has 94 valence electrons. The van der Waals surface area contributed by atoms with Gasteiger partial charge in [-0.05, 0) is 36.5 Å². The Morgan fingerprint density at radius 3 is 3.12 bits per heavy atom. The summed E-state index contributed by atoms with van der Waals surface area (Å²) in [4.78, 5) is 0. The molecule has 2 N–H and O–H groups in total. The molecule has 0 radical (unpaired) electrons. The minimum atomic E-state index is -0.294. The third-order valence-electron chi connectivity index (χ3n) is 3.44. The summed E-state index contributed by atoms with van der Waals surface area (Å²) < 4.78 is 13.5. The molecular weight excluding hydrogens is 217 g/mol. The zero-order chi connectivity index (χ0) is 12.3. The summed E-state index contributed by atoms with van der Waals surface area (Å²) in [5, 5.41) is 13.0. The maximum atomic E-state index is 13.5. The maximum Gasteiger partial charge on any atom is 0.126 e. The van der Waals surface area contributed by atoms with Crippen molar-refractivity contribution in [1.29, 1.82) is 0 Å². The lowest BCUT2D eigenvalue weighted by atomic mass is 10.1. The number of nitrogens with one attached hydrogen (secondary N) is 1. The van der Waals surface area contributed by atoms with E-state index >= 15 is 0 Å². The zero-order valence-corrected chi connectivity index (χ0v) is 10.2. The van der Waals surface area contributed by atoms with Crippen molar-refractivity contribution in [2.24, 2.45) is 0 Å². The van der Waals surface area contributed by atoms with E-state index in [2.05, 4.69) is 12.2 Å². The SMILES string of the molecule is CCCC(O)CNC1CCc2c(F)cccc21. The molecule has 0 fully saturated rings. The van der Waals surface area contributed by atoms with Crippen molar-refractivity contribution in [3.63, 3.8) is 0 Å². The molecule has 0 aliphatic heterocycles. The standard InChI is InChI=1S/C14H20FNO/c1-2-4-10(17)9-16-14-8-7-11-12(14)5-3-6-13(11)15/h3,5-6,10,14,16-17H,2,4,7-9H2,1H3. The highest BCUT2D eigenvalue weighted by molar-refractivity contribution is 5.35. The van der Waals surface area contributed by atoms with Crippen LogP contribution in [-0.2, 0) is 6.42 Å². The minimum absolute atomic E-state index is 0.0964. The van der Waals surface area contributed by atoms with Gasteiger partial charge in [0.25, 0.3) is 0 Å². The highest BCUT2D eigenvalue weighted by Crippen LogP contribution is 2.32. The van der Waals surface area contributed by atoms with Gasteiger partial charge in [-0.1, -0.05) is 25.5 Å². The topological polar surface area (TPSA) is 32.3 Å². The van der Waals surface area contributed by atoms with Crippen LogP contribution in [0.5, 0.6) is 0 Å². The van der Waals surface area contributed by atoms with Gasteiger partial charge in [-0.2, -0.15) is 0 Å². The van der Waals surface area contributed by atoms with Gasteiger partial charge in [0, 0.05) is 12.6 Å². The number of fused-ring (bicyclic) bond motifs is 1. The van der Waals surface area contributed by atoms with Crippen molar-refractivity contribution >= 4 is 0 Å². The molecule has 0 heterocycles. The largest absolute Gasteiger partial charge is 0.392 e. The normalized spacial score (nSPS) is 20.3. The number of hydrogen-bond donors (Lipinski definition) is 2. The van der Waals surface area contributed by atoms with Crippen LogP contribution in [0.4, 0.5) is 4.39 Å². The third kappa shape index (κ3) is 2.85. The van der Waals surface area contributed by atoms with Crippen molar-refractivity contribution in [3.8, 4) is 0 Å². The van der Waals surface area contributed by atoms with Crippen molar-refractivity contribution in [2.75, 3.05) is 6.54 Å². The van der Waals surface area contributed by atoms with Gasteiger partial charge >= 0.3 is 0 Å². The first-order chi connectivity index (χ1) is 8.22. The second-order valence-corrected chi connectivity index (χ2v) is 4.75. The molecule has 1 aliphatic rings. The van der Waals surface area contributed by atoms with Crippen LogP contribution in [0, 0.1) is 5.82 Å². The number of aliphatic hydroxyl groups is 1. The highest BCUT2D eigenvalue weighted by Gasteiger charge is 2.24. The fraction of sp³-hybridized carbons (Fsp3) is 0.571. The van der Waals surface area contributed by atoms with Crippen LogP contribution in [0.1, 0.15) is 43.4 Å². The molecule has 0 amide bonds. The number of rotatable bonds is 5. The molecule has 2 nitrogen and oxygen atoms in total. The Labute approximate surface area is 102 Å². The molecule has 1 aromatic carbocycles. The monoisotopic (exact) mass is 237 g/mol. The molecule has 2 rings (SSSR count). The molecule has 2 atom stereocenters. The number of halogens is 1. The summed E-state index contributed by atoms with van der Waals surface area (Å²) in [6.07, 6.45) is 3.23. The summed E-state index contributed by atoms with van der Waals surface area (Å²) in [6.45, 7) is 2.65. The van der Waals surface area contributed by atoms with Crippen molar-refractivity contribution < 1.29 is 9.50 Å². The van der Waals surface area contributed by atoms with Crippen molar-refractivity contribution in [2.45, 2.75) is 44.8 Å². The average molecular weight is 237 g/mol. The van der Waals surface area contributed by atoms with Gasteiger partial charge in [0.1, 0.15) is 5.82 Å². The lowest BCUT2D eigenvalue weighted by Crippen LogP contribution is -2.29. The summed E-state index contributed by atoms with van der Waals surface area (Å²) in [7, 11) is 0. The van der Waals surface area contributed by atoms with E-state index in [4.69, 9.17) is 0 Å². The Morgan fingerprint density at radius 2 is 2.35 bits per heavy atom. The average Bonchev–Trinajstić information content (AvgIpc) is 2.72. The second kappa shape index (κ2) is 5.61. The van der Waals surface area contributed by atoms with Gasteiger partial charge in [-0.3, -0.25) is 0 Å². The van der Waals surface area contributed by atoms with Gasteiger partial charge in [0.2, 0.25) is 0 Å². The Kier molecular flexibility index (Phi) is 4.13.